The van der Waals surface area contributed by atoms with Gasteiger partial charge in [0.15, 0.2) is 11.4 Å². The van der Waals surface area contributed by atoms with E-state index < -0.39 is 36.9 Å². The lowest BCUT2D eigenvalue weighted by molar-refractivity contribution is -0.150. The Balaban J connectivity index is 2.79. The van der Waals surface area contributed by atoms with Crippen LogP contribution in [-0.2, 0) is 37.4 Å². The minimum absolute atomic E-state index is 0.0728. The molecule has 0 fully saturated rings. The zero-order valence-electron chi connectivity index (χ0n) is 16.1. The first-order chi connectivity index (χ1) is 13.3. The maximum atomic E-state index is 13.1. The summed E-state index contributed by atoms with van der Waals surface area (Å²) in [4.78, 5) is 38.3. The molecule has 9 nitrogen and oxygen atoms in total. The van der Waals surface area contributed by atoms with Gasteiger partial charge in [-0.1, -0.05) is 24.3 Å². The first-order valence-corrected chi connectivity index (χ1v) is 9.71. The first kappa shape index (κ1) is 21.8. The van der Waals surface area contributed by atoms with Crippen molar-refractivity contribution in [2.75, 3.05) is 35.5 Å². The summed E-state index contributed by atoms with van der Waals surface area (Å²) in [5.41, 5.74) is -1.25. The molecule has 0 unspecified atom stereocenters. The van der Waals surface area contributed by atoms with Gasteiger partial charge in [-0.3, -0.25) is 18.9 Å². The van der Waals surface area contributed by atoms with Crippen LogP contribution in [0.2, 0.25) is 0 Å². The smallest absolute Gasteiger partial charge is 0.345 e. The van der Waals surface area contributed by atoms with Crippen LogP contribution in [0.4, 0.5) is 0 Å². The van der Waals surface area contributed by atoms with Crippen LogP contribution in [0.3, 0.4) is 0 Å². The van der Waals surface area contributed by atoms with E-state index in [-0.39, 0.29) is 16.9 Å². The number of fused-ring (bicyclic) bond motifs is 1. The number of carbonyl (C=O) groups excluding carboxylic acids is 3. The molecule has 1 aliphatic carbocycles. The normalized spacial score (nSPS) is 15.7. The maximum Gasteiger partial charge on any atom is 0.345 e. The predicted molar refractivity (Wildman–Crippen MR) is 97.6 cm³/mol. The molecule has 0 saturated carbocycles. The van der Waals surface area contributed by atoms with Gasteiger partial charge >= 0.3 is 19.5 Å². The minimum Gasteiger partial charge on any atom is -0.496 e. The van der Waals surface area contributed by atoms with Crippen LogP contribution >= 0.6 is 7.60 Å². The summed E-state index contributed by atoms with van der Waals surface area (Å²) >= 11 is 0. The zero-order chi connectivity index (χ0) is 21.1. The molecule has 0 saturated heterocycles. The molecule has 28 heavy (non-hydrogen) atoms. The van der Waals surface area contributed by atoms with Crippen LogP contribution in [0.5, 0.6) is 0 Å². The molecule has 10 heteroatoms. The third-order valence-corrected chi connectivity index (χ3v) is 6.69. The second-order valence-electron chi connectivity index (χ2n) is 5.70. The highest BCUT2D eigenvalue weighted by Crippen LogP contribution is 2.57. The van der Waals surface area contributed by atoms with Gasteiger partial charge in [0.25, 0.3) is 0 Å². The summed E-state index contributed by atoms with van der Waals surface area (Å²) < 4.78 is 37.9. The van der Waals surface area contributed by atoms with Crippen LogP contribution in [0.15, 0.2) is 29.8 Å². The van der Waals surface area contributed by atoms with Crippen LogP contribution in [0.25, 0.3) is 5.76 Å². The molecule has 1 aromatic carbocycles. The molecule has 0 aliphatic heterocycles. The number of esters is 2. The van der Waals surface area contributed by atoms with Gasteiger partial charge in [-0.05, 0) is 0 Å². The molecule has 2 rings (SSSR count). The van der Waals surface area contributed by atoms with Crippen LogP contribution in [0, 0.1) is 5.92 Å². The molecule has 0 spiro atoms. The van der Waals surface area contributed by atoms with Crippen LogP contribution < -0.4 is 0 Å². The van der Waals surface area contributed by atoms with Gasteiger partial charge in [-0.15, -0.1) is 0 Å². The Hall–Kier alpha value is -2.48. The average molecular weight is 412 g/mol. The Morgan fingerprint density at radius 2 is 1.43 bits per heavy atom. The van der Waals surface area contributed by atoms with E-state index in [1.165, 1.54) is 7.11 Å². The van der Waals surface area contributed by atoms with Crippen molar-refractivity contribution in [1.29, 1.82) is 0 Å². The topological polar surface area (TPSA) is 114 Å². The van der Waals surface area contributed by atoms with Gasteiger partial charge < -0.3 is 23.3 Å². The lowest BCUT2D eigenvalue weighted by Crippen LogP contribution is -2.40. The minimum atomic E-state index is -4.22. The molecule has 152 valence electrons. The summed E-state index contributed by atoms with van der Waals surface area (Å²) in [6.07, 6.45) is 0. The molecule has 0 radical (unpaired) electrons. The van der Waals surface area contributed by atoms with Crippen molar-refractivity contribution in [3.63, 3.8) is 0 Å². The van der Waals surface area contributed by atoms with Crippen molar-refractivity contribution >= 4 is 31.1 Å². The highest BCUT2D eigenvalue weighted by atomic mass is 31.2. The van der Waals surface area contributed by atoms with E-state index in [1.54, 1.807) is 24.3 Å². The van der Waals surface area contributed by atoms with Gasteiger partial charge in [0.2, 0.25) is 0 Å². The fraction of sp³-hybridized carbons (Fsp3) is 0.389. The highest BCUT2D eigenvalue weighted by molar-refractivity contribution is 7.55. The molecule has 1 aromatic rings. The SMILES string of the molecule is COC(=O)[C@@H](C1=C(OC)c2ccccc2C1=O)[C@@H](C(=O)OC)P(=O)(OC)OC. The van der Waals surface area contributed by atoms with Gasteiger partial charge in [0, 0.05) is 25.3 Å². The lowest BCUT2D eigenvalue weighted by Gasteiger charge is -2.28. The first-order valence-electron chi connectivity index (χ1n) is 8.10. The molecule has 0 aromatic heterocycles. The van der Waals surface area contributed by atoms with Gasteiger partial charge in [0.05, 0.1) is 26.9 Å². The van der Waals surface area contributed by atoms with E-state index in [9.17, 15) is 18.9 Å². The standard InChI is InChI=1S/C18H21O9P/c1-23-15-11-9-7-6-8-10(11)14(19)12(15)13(17(20)24-2)16(18(21)25-3)28(22,26-4)27-5/h6-9,13,16H,1-5H3/t13-,16-/m0/s1. The van der Waals surface area contributed by atoms with Crippen molar-refractivity contribution in [3.05, 3.63) is 41.0 Å². The van der Waals surface area contributed by atoms with Crippen molar-refractivity contribution in [2.24, 2.45) is 5.92 Å². The summed E-state index contributed by atoms with van der Waals surface area (Å²) in [6, 6.07) is 6.52. The Morgan fingerprint density at radius 3 is 1.89 bits per heavy atom. The summed E-state index contributed by atoms with van der Waals surface area (Å²) in [6.45, 7) is 0. The van der Waals surface area contributed by atoms with Gasteiger partial charge in [-0.25, -0.2) is 0 Å². The Bertz CT molecular complexity index is 866. The third-order valence-electron chi connectivity index (χ3n) is 4.48. The number of ether oxygens (including phenoxy) is 3. The van der Waals surface area contributed by atoms with Crippen molar-refractivity contribution < 1.29 is 42.2 Å². The number of hydrogen-bond donors (Lipinski definition) is 0. The highest BCUT2D eigenvalue weighted by Gasteiger charge is 2.55. The largest absolute Gasteiger partial charge is 0.496 e. The Labute approximate surface area is 162 Å². The molecular formula is C18H21O9P. The Morgan fingerprint density at radius 1 is 0.893 bits per heavy atom. The molecular weight excluding hydrogens is 391 g/mol. The van der Waals surface area contributed by atoms with Gasteiger partial charge in [-0.2, -0.15) is 0 Å². The van der Waals surface area contributed by atoms with Crippen LogP contribution in [-0.4, -0.2) is 58.9 Å². The quantitative estimate of drug-likeness (QED) is 0.467. The third kappa shape index (κ3) is 3.48. The fourth-order valence-corrected chi connectivity index (χ4v) is 4.78. The fourth-order valence-electron chi connectivity index (χ4n) is 3.18. The number of Topliss-reactive ketones (excluding diaryl/α,β-unsaturated/α-hetero) is 1. The van der Waals surface area contributed by atoms with E-state index in [4.69, 9.17) is 23.3 Å². The van der Waals surface area contributed by atoms with E-state index in [2.05, 4.69) is 0 Å². The molecule has 2 atom stereocenters. The Kier molecular flexibility index (Phi) is 6.77. The monoisotopic (exact) mass is 412 g/mol. The number of methoxy groups -OCH3 is 3. The molecule has 0 N–H and O–H groups in total. The number of rotatable bonds is 8. The molecule has 0 heterocycles. The molecule has 0 bridgehead atoms. The van der Waals surface area contributed by atoms with E-state index in [0.717, 1.165) is 28.4 Å². The van der Waals surface area contributed by atoms with Crippen molar-refractivity contribution in [1.82, 2.24) is 0 Å². The number of ketones is 1. The molecule has 0 amide bonds. The van der Waals surface area contributed by atoms with E-state index >= 15 is 0 Å². The number of hydrogen-bond acceptors (Lipinski definition) is 9. The second-order valence-corrected chi connectivity index (χ2v) is 8.06. The summed E-state index contributed by atoms with van der Waals surface area (Å²) in [7, 11) is 1.35. The predicted octanol–water partition coefficient (Wildman–Crippen LogP) is 2.06. The number of benzene rings is 1. The molecule has 1 aliphatic rings. The maximum absolute atomic E-state index is 13.1. The number of carbonyl (C=O) groups is 3. The van der Waals surface area contributed by atoms with Crippen molar-refractivity contribution in [3.8, 4) is 0 Å². The summed E-state index contributed by atoms with van der Waals surface area (Å²) in [5.74, 6) is -4.18. The lowest BCUT2D eigenvalue weighted by atomic mass is 9.92. The van der Waals surface area contributed by atoms with E-state index in [0.29, 0.717) is 5.56 Å². The van der Waals surface area contributed by atoms with E-state index in [1.807, 2.05) is 0 Å². The average Bonchev–Trinajstić information content (AvgIpc) is 3.01. The summed E-state index contributed by atoms with van der Waals surface area (Å²) in [5, 5.41) is 0. The second kappa shape index (κ2) is 8.68. The van der Waals surface area contributed by atoms with Gasteiger partial charge in [0.1, 0.15) is 11.7 Å². The zero-order valence-corrected chi connectivity index (χ0v) is 17.0. The van der Waals surface area contributed by atoms with Crippen molar-refractivity contribution in [2.45, 2.75) is 5.66 Å². The van der Waals surface area contributed by atoms with Crippen LogP contribution in [0.1, 0.15) is 15.9 Å².